The second kappa shape index (κ2) is 3.01. The van der Waals surface area contributed by atoms with Gasteiger partial charge in [0.1, 0.15) is 12.2 Å². The molecule has 0 aromatic heterocycles. The number of cyclic esters (lactones) is 1. The van der Waals surface area contributed by atoms with E-state index in [9.17, 15) is 4.79 Å². The zero-order valence-electron chi connectivity index (χ0n) is 6.29. The fourth-order valence-electron chi connectivity index (χ4n) is 1.17. The number of esters is 1. The highest BCUT2D eigenvalue weighted by Gasteiger charge is 2.33. The Morgan fingerprint density at radius 1 is 1.80 bits per heavy atom. The van der Waals surface area contributed by atoms with Crippen molar-refractivity contribution in [2.24, 2.45) is 0 Å². The molecule has 1 fully saturated rings. The molecular weight excluding hydrogens is 132 g/mol. The van der Waals surface area contributed by atoms with Gasteiger partial charge in [0, 0.05) is 7.11 Å². The molecule has 3 heteroatoms. The molecule has 1 aliphatic rings. The summed E-state index contributed by atoms with van der Waals surface area (Å²) in [4.78, 5) is 10.7. The molecule has 3 nitrogen and oxygen atoms in total. The van der Waals surface area contributed by atoms with Gasteiger partial charge in [-0.2, -0.15) is 0 Å². The molecule has 1 saturated heterocycles. The first-order valence-electron chi connectivity index (χ1n) is 3.50. The molecular formula is C7H12O3. The van der Waals surface area contributed by atoms with Crippen molar-refractivity contribution in [3.8, 4) is 0 Å². The molecule has 10 heavy (non-hydrogen) atoms. The van der Waals surface area contributed by atoms with Crippen molar-refractivity contribution < 1.29 is 14.3 Å². The van der Waals surface area contributed by atoms with E-state index in [-0.39, 0.29) is 18.2 Å². The van der Waals surface area contributed by atoms with E-state index in [4.69, 9.17) is 9.47 Å². The van der Waals surface area contributed by atoms with E-state index in [1.807, 2.05) is 6.92 Å². The highest BCUT2D eigenvalue weighted by atomic mass is 16.6. The lowest BCUT2D eigenvalue weighted by molar-refractivity contribution is -0.141. The van der Waals surface area contributed by atoms with Gasteiger partial charge in [0.05, 0.1) is 6.42 Å². The van der Waals surface area contributed by atoms with E-state index < -0.39 is 0 Å². The number of rotatable bonds is 2. The first kappa shape index (κ1) is 7.54. The summed E-state index contributed by atoms with van der Waals surface area (Å²) < 4.78 is 9.99. The summed E-state index contributed by atoms with van der Waals surface area (Å²) >= 11 is 0. The third-order valence-electron chi connectivity index (χ3n) is 1.77. The topological polar surface area (TPSA) is 35.5 Å². The fourth-order valence-corrected chi connectivity index (χ4v) is 1.17. The van der Waals surface area contributed by atoms with Gasteiger partial charge in [-0.25, -0.2) is 0 Å². The van der Waals surface area contributed by atoms with Gasteiger partial charge in [0.2, 0.25) is 0 Å². The van der Waals surface area contributed by atoms with Crippen LogP contribution in [0, 0.1) is 0 Å². The van der Waals surface area contributed by atoms with E-state index in [0.29, 0.717) is 6.42 Å². The molecule has 0 aromatic rings. The van der Waals surface area contributed by atoms with Crippen LogP contribution >= 0.6 is 0 Å². The summed E-state index contributed by atoms with van der Waals surface area (Å²) in [7, 11) is 1.61. The van der Waals surface area contributed by atoms with Gasteiger partial charge in [-0.1, -0.05) is 6.92 Å². The minimum absolute atomic E-state index is 0.0162. The largest absolute Gasteiger partial charge is 0.460 e. The lowest BCUT2D eigenvalue weighted by Gasteiger charge is -2.12. The predicted octanol–water partition coefficient (Wildman–Crippen LogP) is 0.727. The lowest BCUT2D eigenvalue weighted by atomic mass is 10.1. The van der Waals surface area contributed by atoms with Gasteiger partial charge < -0.3 is 9.47 Å². The van der Waals surface area contributed by atoms with Crippen LogP contribution in [-0.4, -0.2) is 25.3 Å². The van der Waals surface area contributed by atoms with Crippen LogP contribution in [0.25, 0.3) is 0 Å². The van der Waals surface area contributed by atoms with Gasteiger partial charge in [0.15, 0.2) is 0 Å². The monoisotopic (exact) mass is 144 g/mol. The zero-order valence-corrected chi connectivity index (χ0v) is 6.29. The summed E-state index contributed by atoms with van der Waals surface area (Å²) in [6, 6.07) is 0. The summed E-state index contributed by atoms with van der Waals surface area (Å²) in [5, 5.41) is 0. The SMILES string of the molecule is CCC1OC(=O)CC1OC. The maximum atomic E-state index is 10.7. The Balaban J connectivity index is 2.48. The quantitative estimate of drug-likeness (QED) is 0.536. The van der Waals surface area contributed by atoms with Crippen molar-refractivity contribution in [1.29, 1.82) is 0 Å². The van der Waals surface area contributed by atoms with E-state index in [2.05, 4.69) is 0 Å². The normalized spacial score (nSPS) is 32.4. The van der Waals surface area contributed by atoms with Gasteiger partial charge in [0.25, 0.3) is 0 Å². The molecule has 0 amide bonds. The average Bonchev–Trinajstić information content (AvgIpc) is 2.30. The molecule has 1 aliphatic heterocycles. The summed E-state index contributed by atoms with van der Waals surface area (Å²) in [6.07, 6.45) is 1.22. The molecule has 0 aromatic carbocycles. The van der Waals surface area contributed by atoms with Gasteiger partial charge in [-0.15, -0.1) is 0 Å². The van der Waals surface area contributed by atoms with Gasteiger partial charge in [-0.3, -0.25) is 4.79 Å². The first-order chi connectivity index (χ1) is 4.77. The Labute approximate surface area is 60.3 Å². The third kappa shape index (κ3) is 1.29. The number of ether oxygens (including phenoxy) is 2. The van der Waals surface area contributed by atoms with Crippen LogP contribution < -0.4 is 0 Å². The summed E-state index contributed by atoms with van der Waals surface area (Å²) in [5.74, 6) is -0.140. The van der Waals surface area contributed by atoms with Crippen LogP contribution in [-0.2, 0) is 14.3 Å². The average molecular weight is 144 g/mol. The highest BCUT2D eigenvalue weighted by Crippen LogP contribution is 2.19. The number of carbonyl (C=O) groups is 1. The predicted molar refractivity (Wildman–Crippen MR) is 35.6 cm³/mol. The number of methoxy groups -OCH3 is 1. The van der Waals surface area contributed by atoms with Crippen LogP contribution in [0.15, 0.2) is 0 Å². The smallest absolute Gasteiger partial charge is 0.308 e. The van der Waals surface area contributed by atoms with E-state index in [0.717, 1.165) is 6.42 Å². The fraction of sp³-hybridized carbons (Fsp3) is 0.857. The van der Waals surface area contributed by atoms with Crippen molar-refractivity contribution in [3.05, 3.63) is 0 Å². The van der Waals surface area contributed by atoms with E-state index in [1.54, 1.807) is 7.11 Å². The maximum Gasteiger partial charge on any atom is 0.308 e. The molecule has 0 saturated carbocycles. The Bertz CT molecular complexity index is 119. The van der Waals surface area contributed by atoms with Crippen LogP contribution in [0.3, 0.4) is 0 Å². The van der Waals surface area contributed by atoms with Crippen molar-refractivity contribution in [2.45, 2.75) is 32.0 Å². The Hall–Kier alpha value is -0.570. The highest BCUT2D eigenvalue weighted by molar-refractivity contribution is 5.72. The first-order valence-corrected chi connectivity index (χ1v) is 3.50. The molecule has 0 radical (unpaired) electrons. The van der Waals surface area contributed by atoms with Crippen LogP contribution in [0.2, 0.25) is 0 Å². The van der Waals surface area contributed by atoms with Crippen molar-refractivity contribution in [3.63, 3.8) is 0 Å². The van der Waals surface area contributed by atoms with Crippen molar-refractivity contribution >= 4 is 5.97 Å². The van der Waals surface area contributed by atoms with E-state index in [1.165, 1.54) is 0 Å². The van der Waals surface area contributed by atoms with Crippen molar-refractivity contribution in [1.82, 2.24) is 0 Å². The Morgan fingerprint density at radius 2 is 2.50 bits per heavy atom. The second-order valence-electron chi connectivity index (χ2n) is 2.41. The maximum absolute atomic E-state index is 10.7. The molecule has 58 valence electrons. The summed E-state index contributed by atoms with van der Waals surface area (Å²) in [5.41, 5.74) is 0. The third-order valence-corrected chi connectivity index (χ3v) is 1.77. The number of hydrogen-bond acceptors (Lipinski definition) is 3. The minimum Gasteiger partial charge on any atom is -0.460 e. The van der Waals surface area contributed by atoms with Crippen molar-refractivity contribution in [2.75, 3.05) is 7.11 Å². The second-order valence-corrected chi connectivity index (χ2v) is 2.41. The molecule has 0 N–H and O–H groups in total. The van der Waals surface area contributed by atoms with Crippen LogP contribution in [0.5, 0.6) is 0 Å². The zero-order chi connectivity index (χ0) is 7.56. The Morgan fingerprint density at radius 3 is 2.90 bits per heavy atom. The molecule has 1 heterocycles. The molecule has 0 aliphatic carbocycles. The number of carbonyl (C=O) groups excluding carboxylic acids is 1. The Kier molecular flexibility index (Phi) is 2.27. The van der Waals surface area contributed by atoms with Crippen LogP contribution in [0.1, 0.15) is 19.8 Å². The van der Waals surface area contributed by atoms with Crippen LogP contribution in [0.4, 0.5) is 0 Å². The summed E-state index contributed by atoms with van der Waals surface area (Å²) in [6.45, 7) is 1.98. The van der Waals surface area contributed by atoms with E-state index >= 15 is 0 Å². The van der Waals surface area contributed by atoms with Gasteiger partial charge in [-0.05, 0) is 6.42 Å². The molecule has 1 rings (SSSR count). The molecule has 0 spiro atoms. The lowest BCUT2D eigenvalue weighted by Crippen LogP contribution is -2.21. The number of hydrogen-bond donors (Lipinski definition) is 0. The molecule has 2 atom stereocenters. The van der Waals surface area contributed by atoms with Gasteiger partial charge >= 0.3 is 5.97 Å². The minimum atomic E-state index is -0.140. The molecule has 2 unspecified atom stereocenters. The standard InChI is InChI=1S/C7H12O3/c1-3-5-6(9-2)4-7(8)10-5/h5-6H,3-4H2,1-2H3. The molecule has 0 bridgehead atoms.